The van der Waals surface area contributed by atoms with Crippen LogP contribution in [0.1, 0.15) is 11.1 Å². The van der Waals surface area contributed by atoms with Gasteiger partial charge in [0.1, 0.15) is 0 Å². The van der Waals surface area contributed by atoms with Gasteiger partial charge in [-0.2, -0.15) is 5.10 Å². The summed E-state index contributed by atoms with van der Waals surface area (Å²) in [5, 5.41) is 12.9. The minimum atomic E-state index is 0.766. The highest BCUT2D eigenvalue weighted by molar-refractivity contribution is 7.13. The van der Waals surface area contributed by atoms with Gasteiger partial charge in [-0.3, -0.25) is 5.10 Å². The second-order valence-corrected chi connectivity index (χ2v) is 6.40. The molecule has 0 unspecified atom stereocenters. The molecule has 0 fully saturated rings. The monoisotopic (exact) mass is 335 g/mol. The van der Waals surface area contributed by atoms with E-state index >= 15 is 0 Å². The predicted octanol–water partition coefficient (Wildman–Crippen LogP) is 3.61. The van der Waals surface area contributed by atoms with E-state index in [2.05, 4.69) is 56.2 Å². The number of hydrogen-bond donors (Lipinski definition) is 2. The third-order valence-corrected chi connectivity index (χ3v) is 4.78. The SMILES string of the molecule is c1csc(-c2[nH]ncc2CNCc2ccccc2-n2ccnc2)c1. The van der Waals surface area contributed by atoms with Crippen LogP contribution in [0.2, 0.25) is 0 Å². The van der Waals surface area contributed by atoms with Crippen LogP contribution >= 0.6 is 11.3 Å². The molecule has 0 aliphatic rings. The number of imidazole rings is 1. The van der Waals surface area contributed by atoms with Crippen molar-refractivity contribution in [2.75, 3.05) is 0 Å². The van der Waals surface area contributed by atoms with Crippen molar-refractivity contribution in [1.29, 1.82) is 0 Å². The van der Waals surface area contributed by atoms with Gasteiger partial charge in [-0.1, -0.05) is 24.3 Å². The Morgan fingerprint density at radius 3 is 2.83 bits per heavy atom. The number of aromatic amines is 1. The molecule has 4 rings (SSSR count). The molecule has 1 aromatic carbocycles. The first-order valence-electron chi connectivity index (χ1n) is 7.75. The number of para-hydroxylation sites is 1. The fourth-order valence-electron chi connectivity index (χ4n) is 2.72. The summed E-state index contributed by atoms with van der Waals surface area (Å²) < 4.78 is 2.03. The summed E-state index contributed by atoms with van der Waals surface area (Å²) in [5.41, 5.74) is 4.66. The molecule has 0 aliphatic carbocycles. The van der Waals surface area contributed by atoms with Crippen LogP contribution in [0.3, 0.4) is 0 Å². The quantitative estimate of drug-likeness (QED) is 0.566. The maximum Gasteiger partial charge on any atom is 0.0991 e. The molecule has 2 N–H and O–H groups in total. The Balaban J connectivity index is 1.47. The molecule has 3 aromatic heterocycles. The summed E-state index contributed by atoms with van der Waals surface area (Å²) in [5.74, 6) is 0. The highest BCUT2D eigenvalue weighted by Crippen LogP contribution is 2.25. The van der Waals surface area contributed by atoms with E-state index in [9.17, 15) is 0 Å². The zero-order chi connectivity index (χ0) is 16.2. The number of aromatic nitrogens is 4. The molecule has 0 radical (unpaired) electrons. The Kier molecular flexibility index (Phi) is 4.22. The minimum Gasteiger partial charge on any atom is -0.308 e. The van der Waals surface area contributed by atoms with Crippen molar-refractivity contribution >= 4 is 11.3 Å². The Morgan fingerprint density at radius 1 is 1.08 bits per heavy atom. The average molecular weight is 335 g/mol. The molecule has 0 spiro atoms. The molecular formula is C18H17N5S. The van der Waals surface area contributed by atoms with E-state index < -0.39 is 0 Å². The summed E-state index contributed by atoms with van der Waals surface area (Å²) in [4.78, 5) is 5.34. The van der Waals surface area contributed by atoms with Gasteiger partial charge in [0, 0.05) is 31.0 Å². The smallest absolute Gasteiger partial charge is 0.0991 e. The van der Waals surface area contributed by atoms with Crippen molar-refractivity contribution in [3.05, 3.63) is 77.8 Å². The van der Waals surface area contributed by atoms with E-state index in [1.807, 2.05) is 29.4 Å². The fraction of sp³-hybridized carbons (Fsp3) is 0.111. The van der Waals surface area contributed by atoms with Crippen molar-refractivity contribution in [3.8, 4) is 16.3 Å². The van der Waals surface area contributed by atoms with Crippen LogP contribution in [0.5, 0.6) is 0 Å². The molecule has 3 heterocycles. The standard InChI is InChI=1S/C18H17N5S/c1-2-5-16(23-8-7-19-13-23)14(4-1)10-20-11-15-12-21-22-18(15)17-6-3-9-24-17/h1-9,12-13,20H,10-11H2,(H,21,22). The average Bonchev–Trinajstić information content (AvgIpc) is 3.37. The molecule has 0 atom stereocenters. The Labute approximate surface area is 144 Å². The highest BCUT2D eigenvalue weighted by atomic mass is 32.1. The summed E-state index contributed by atoms with van der Waals surface area (Å²) in [6.45, 7) is 1.55. The number of rotatable bonds is 6. The minimum absolute atomic E-state index is 0.766. The van der Waals surface area contributed by atoms with Gasteiger partial charge in [0.25, 0.3) is 0 Å². The van der Waals surface area contributed by atoms with Crippen molar-refractivity contribution in [2.24, 2.45) is 0 Å². The molecule has 0 bridgehead atoms. The van der Waals surface area contributed by atoms with Crippen LogP contribution in [-0.2, 0) is 13.1 Å². The molecule has 0 saturated heterocycles. The lowest BCUT2D eigenvalue weighted by Crippen LogP contribution is -2.14. The van der Waals surface area contributed by atoms with Crippen molar-refractivity contribution < 1.29 is 0 Å². The van der Waals surface area contributed by atoms with Gasteiger partial charge in [0.2, 0.25) is 0 Å². The first kappa shape index (κ1) is 14.9. The van der Waals surface area contributed by atoms with Crippen molar-refractivity contribution in [3.63, 3.8) is 0 Å². The number of H-pyrrole nitrogens is 1. The third kappa shape index (κ3) is 3.02. The second-order valence-electron chi connectivity index (χ2n) is 5.45. The predicted molar refractivity (Wildman–Crippen MR) is 96.0 cm³/mol. The van der Waals surface area contributed by atoms with Gasteiger partial charge >= 0.3 is 0 Å². The molecule has 0 aliphatic heterocycles. The van der Waals surface area contributed by atoms with Crippen LogP contribution < -0.4 is 5.32 Å². The molecule has 4 aromatic rings. The van der Waals surface area contributed by atoms with Crippen LogP contribution in [-0.4, -0.2) is 19.7 Å². The van der Waals surface area contributed by atoms with Crippen molar-refractivity contribution in [2.45, 2.75) is 13.1 Å². The van der Waals surface area contributed by atoms with E-state index in [0.29, 0.717) is 0 Å². The lowest BCUT2D eigenvalue weighted by Gasteiger charge is -2.11. The number of nitrogens with one attached hydrogen (secondary N) is 2. The van der Waals surface area contributed by atoms with Crippen LogP contribution in [0, 0.1) is 0 Å². The lowest BCUT2D eigenvalue weighted by atomic mass is 10.1. The number of benzene rings is 1. The molecule has 0 amide bonds. The van der Waals surface area contributed by atoms with Gasteiger partial charge in [0.15, 0.2) is 0 Å². The van der Waals surface area contributed by atoms with E-state index in [0.717, 1.165) is 24.5 Å². The maximum absolute atomic E-state index is 4.19. The molecule has 120 valence electrons. The lowest BCUT2D eigenvalue weighted by molar-refractivity contribution is 0.691. The van der Waals surface area contributed by atoms with E-state index in [1.165, 1.54) is 16.0 Å². The Bertz CT molecular complexity index is 893. The van der Waals surface area contributed by atoms with Crippen molar-refractivity contribution in [1.82, 2.24) is 25.1 Å². The largest absolute Gasteiger partial charge is 0.308 e. The summed E-state index contributed by atoms with van der Waals surface area (Å²) in [6.07, 6.45) is 7.47. The highest BCUT2D eigenvalue weighted by Gasteiger charge is 2.09. The molecule has 24 heavy (non-hydrogen) atoms. The molecule has 5 nitrogen and oxygen atoms in total. The van der Waals surface area contributed by atoms with E-state index in [-0.39, 0.29) is 0 Å². The first-order valence-corrected chi connectivity index (χ1v) is 8.63. The molecule has 0 saturated carbocycles. The van der Waals surface area contributed by atoms with Gasteiger partial charge in [-0.15, -0.1) is 11.3 Å². The number of thiophene rings is 1. The fourth-order valence-corrected chi connectivity index (χ4v) is 3.48. The van der Waals surface area contributed by atoms with E-state index in [4.69, 9.17) is 0 Å². The first-order chi connectivity index (χ1) is 11.9. The normalized spacial score (nSPS) is 11.0. The van der Waals surface area contributed by atoms with Crippen LogP contribution in [0.15, 0.2) is 66.7 Å². The zero-order valence-electron chi connectivity index (χ0n) is 13.0. The van der Waals surface area contributed by atoms with Crippen LogP contribution in [0.4, 0.5) is 0 Å². The summed E-state index contributed by atoms with van der Waals surface area (Å²) >= 11 is 1.72. The third-order valence-electron chi connectivity index (χ3n) is 3.89. The zero-order valence-corrected chi connectivity index (χ0v) is 13.8. The summed E-state index contributed by atoms with van der Waals surface area (Å²) in [6, 6.07) is 12.5. The Hall–Kier alpha value is -2.70. The molecule has 6 heteroatoms. The van der Waals surface area contributed by atoms with Gasteiger partial charge in [-0.05, 0) is 23.1 Å². The maximum atomic E-state index is 4.19. The number of hydrogen-bond acceptors (Lipinski definition) is 4. The van der Waals surface area contributed by atoms with Crippen LogP contribution in [0.25, 0.3) is 16.3 Å². The Morgan fingerprint density at radius 2 is 2.00 bits per heavy atom. The second kappa shape index (κ2) is 6.82. The molecular weight excluding hydrogens is 318 g/mol. The summed E-state index contributed by atoms with van der Waals surface area (Å²) in [7, 11) is 0. The van der Waals surface area contributed by atoms with Gasteiger partial charge in [-0.25, -0.2) is 4.98 Å². The van der Waals surface area contributed by atoms with Gasteiger partial charge < -0.3 is 9.88 Å². The van der Waals surface area contributed by atoms with E-state index in [1.54, 1.807) is 17.5 Å². The topological polar surface area (TPSA) is 58.5 Å². The number of nitrogens with zero attached hydrogens (tertiary/aromatic N) is 3. The van der Waals surface area contributed by atoms with Gasteiger partial charge in [0.05, 0.1) is 28.8 Å².